The maximum Gasteiger partial charge on any atom is 0.0579 e. The smallest absolute Gasteiger partial charge is 0.0579 e. The predicted molar refractivity (Wildman–Crippen MR) is 92.1 cm³/mol. The lowest BCUT2D eigenvalue weighted by Gasteiger charge is -2.22. The first-order valence-corrected chi connectivity index (χ1v) is 8.11. The van der Waals surface area contributed by atoms with E-state index >= 15 is 0 Å². The van der Waals surface area contributed by atoms with Gasteiger partial charge >= 0.3 is 0 Å². The van der Waals surface area contributed by atoms with E-state index in [0.29, 0.717) is 0 Å². The van der Waals surface area contributed by atoms with E-state index < -0.39 is 0 Å². The van der Waals surface area contributed by atoms with Gasteiger partial charge in [-0.25, -0.2) is 0 Å². The molecule has 0 aromatic heterocycles. The minimum Gasteiger partial charge on any atom is -0.307 e. The van der Waals surface area contributed by atoms with E-state index in [1.54, 1.807) is 0 Å². The summed E-state index contributed by atoms with van der Waals surface area (Å²) in [5.74, 6) is 0. The zero-order chi connectivity index (χ0) is 15.2. The summed E-state index contributed by atoms with van der Waals surface area (Å²) in [6.07, 6.45) is 2.30. The summed E-state index contributed by atoms with van der Waals surface area (Å²) < 4.78 is 0. The van der Waals surface area contributed by atoms with Crippen molar-refractivity contribution in [1.82, 2.24) is 5.32 Å². The lowest BCUT2D eigenvalue weighted by molar-refractivity contribution is 0.627. The predicted octanol–water partition coefficient (Wildman–Crippen LogP) is 5.30. The first-order chi connectivity index (χ1) is 10.2. The van der Waals surface area contributed by atoms with E-state index in [1.165, 1.54) is 28.7 Å². The van der Waals surface area contributed by atoms with E-state index in [2.05, 4.69) is 62.5 Å². The second-order valence-corrected chi connectivity index (χ2v) is 5.92. The molecule has 0 heterocycles. The molecule has 1 atom stereocenters. The average molecular weight is 302 g/mol. The minimum absolute atomic E-state index is 0.200. The van der Waals surface area contributed by atoms with E-state index in [0.717, 1.165) is 18.0 Å². The van der Waals surface area contributed by atoms with Gasteiger partial charge in [0.1, 0.15) is 0 Å². The lowest BCUT2D eigenvalue weighted by Crippen LogP contribution is -2.23. The maximum absolute atomic E-state index is 6.20. The van der Waals surface area contributed by atoms with Gasteiger partial charge in [-0.1, -0.05) is 62.2 Å². The maximum atomic E-state index is 6.20. The van der Waals surface area contributed by atoms with Gasteiger partial charge in [-0.3, -0.25) is 0 Å². The lowest BCUT2D eigenvalue weighted by atomic mass is 9.93. The van der Waals surface area contributed by atoms with E-state index in [-0.39, 0.29) is 6.04 Å². The molecule has 2 aromatic rings. The van der Waals surface area contributed by atoms with Gasteiger partial charge in [0.2, 0.25) is 0 Å². The third-order valence-electron chi connectivity index (χ3n) is 3.78. The van der Waals surface area contributed by atoms with Gasteiger partial charge < -0.3 is 5.32 Å². The molecule has 0 aliphatic heterocycles. The van der Waals surface area contributed by atoms with Crippen LogP contribution < -0.4 is 5.32 Å². The van der Waals surface area contributed by atoms with E-state index in [1.807, 2.05) is 6.07 Å². The molecule has 2 aromatic carbocycles. The monoisotopic (exact) mass is 301 g/mol. The van der Waals surface area contributed by atoms with Crippen LogP contribution in [0.25, 0.3) is 0 Å². The number of rotatable bonds is 6. The molecular formula is C19H24ClN. The summed E-state index contributed by atoms with van der Waals surface area (Å²) in [5.41, 5.74) is 5.25. The van der Waals surface area contributed by atoms with Gasteiger partial charge in [0.25, 0.3) is 0 Å². The Hall–Kier alpha value is -1.31. The summed E-state index contributed by atoms with van der Waals surface area (Å²) in [4.78, 5) is 0. The zero-order valence-corrected chi connectivity index (χ0v) is 13.9. The molecule has 0 bridgehead atoms. The van der Waals surface area contributed by atoms with Crippen LogP contribution in [0.3, 0.4) is 0 Å². The molecule has 1 unspecified atom stereocenters. The molecule has 0 saturated heterocycles. The standard InChI is InChI=1S/C19H24ClN/c1-4-7-15-8-6-9-16(12-15)19(21-5-2)18-13-17(20)11-10-14(18)3/h6,8-13,19,21H,4-5,7H2,1-3H3. The summed E-state index contributed by atoms with van der Waals surface area (Å²) >= 11 is 6.20. The Morgan fingerprint density at radius 1 is 1.10 bits per heavy atom. The summed E-state index contributed by atoms with van der Waals surface area (Å²) in [7, 11) is 0. The van der Waals surface area contributed by atoms with Crippen molar-refractivity contribution in [3.63, 3.8) is 0 Å². The van der Waals surface area contributed by atoms with E-state index in [9.17, 15) is 0 Å². The summed E-state index contributed by atoms with van der Waals surface area (Å²) in [6, 6.07) is 15.2. The number of nitrogens with one attached hydrogen (secondary N) is 1. The fourth-order valence-corrected chi connectivity index (χ4v) is 2.93. The third kappa shape index (κ3) is 4.09. The highest BCUT2D eigenvalue weighted by Gasteiger charge is 2.15. The number of benzene rings is 2. The van der Waals surface area contributed by atoms with Gasteiger partial charge in [-0.05, 0) is 54.3 Å². The van der Waals surface area contributed by atoms with Crippen molar-refractivity contribution >= 4 is 11.6 Å². The molecule has 2 rings (SSSR count). The Morgan fingerprint density at radius 3 is 2.62 bits per heavy atom. The number of halogens is 1. The van der Waals surface area contributed by atoms with Crippen LogP contribution in [0.2, 0.25) is 5.02 Å². The van der Waals surface area contributed by atoms with Crippen LogP contribution in [0.4, 0.5) is 0 Å². The van der Waals surface area contributed by atoms with Gasteiger partial charge in [-0.2, -0.15) is 0 Å². The van der Waals surface area contributed by atoms with Crippen LogP contribution in [-0.2, 0) is 6.42 Å². The molecule has 112 valence electrons. The fourth-order valence-electron chi connectivity index (χ4n) is 2.75. The quantitative estimate of drug-likeness (QED) is 0.763. The molecule has 0 aliphatic carbocycles. The number of hydrogen-bond acceptors (Lipinski definition) is 1. The second kappa shape index (κ2) is 7.63. The third-order valence-corrected chi connectivity index (χ3v) is 4.02. The number of aryl methyl sites for hydroxylation is 2. The summed E-state index contributed by atoms with van der Waals surface area (Å²) in [6.45, 7) is 7.43. The van der Waals surface area contributed by atoms with Crippen molar-refractivity contribution in [3.05, 3.63) is 69.7 Å². The van der Waals surface area contributed by atoms with Crippen LogP contribution in [0.1, 0.15) is 48.6 Å². The van der Waals surface area contributed by atoms with Crippen molar-refractivity contribution in [2.45, 2.75) is 39.7 Å². The molecule has 0 radical (unpaired) electrons. The SMILES string of the molecule is CCCc1cccc(C(NCC)c2cc(Cl)ccc2C)c1. The van der Waals surface area contributed by atoms with Gasteiger partial charge in [0.05, 0.1) is 6.04 Å². The van der Waals surface area contributed by atoms with Crippen molar-refractivity contribution in [2.75, 3.05) is 6.54 Å². The Balaban J connectivity index is 2.42. The fraction of sp³-hybridized carbons (Fsp3) is 0.368. The van der Waals surface area contributed by atoms with Gasteiger partial charge in [0.15, 0.2) is 0 Å². The van der Waals surface area contributed by atoms with Crippen molar-refractivity contribution < 1.29 is 0 Å². The zero-order valence-electron chi connectivity index (χ0n) is 13.1. The Kier molecular flexibility index (Phi) is 5.84. The van der Waals surface area contributed by atoms with Crippen LogP contribution >= 0.6 is 11.6 Å². The van der Waals surface area contributed by atoms with Gasteiger partial charge in [0, 0.05) is 5.02 Å². The van der Waals surface area contributed by atoms with Crippen LogP contribution in [-0.4, -0.2) is 6.54 Å². The first kappa shape index (κ1) is 16.1. The molecule has 1 N–H and O–H groups in total. The number of hydrogen-bond donors (Lipinski definition) is 1. The van der Waals surface area contributed by atoms with Crippen LogP contribution in [0, 0.1) is 6.92 Å². The van der Waals surface area contributed by atoms with E-state index in [4.69, 9.17) is 11.6 Å². The largest absolute Gasteiger partial charge is 0.307 e. The molecular weight excluding hydrogens is 278 g/mol. The van der Waals surface area contributed by atoms with Crippen LogP contribution in [0.5, 0.6) is 0 Å². The van der Waals surface area contributed by atoms with Crippen molar-refractivity contribution in [1.29, 1.82) is 0 Å². The van der Waals surface area contributed by atoms with Crippen molar-refractivity contribution in [3.8, 4) is 0 Å². The highest BCUT2D eigenvalue weighted by atomic mass is 35.5. The van der Waals surface area contributed by atoms with Crippen LogP contribution in [0.15, 0.2) is 42.5 Å². The second-order valence-electron chi connectivity index (χ2n) is 5.49. The highest BCUT2D eigenvalue weighted by Crippen LogP contribution is 2.28. The normalized spacial score (nSPS) is 12.4. The Labute approximate surface area is 133 Å². The molecule has 1 nitrogen and oxygen atoms in total. The topological polar surface area (TPSA) is 12.0 Å². The Bertz CT molecular complexity index is 592. The molecule has 21 heavy (non-hydrogen) atoms. The molecule has 2 heteroatoms. The minimum atomic E-state index is 0.200. The van der Waals surface area contributed by atoms with Crippen molar-refractivity contribution in [2.24, 2.45) is 0 Å². The molecule has 0 spiro atoms. The highest BCUT2D eigenvalue weighted by molar-refractivity contribution is 6.30. The average Bonchev–Trinajstić information content (AvgIpc) is 2.48. The first-order valence-electron chi connectivity index (χ1n) is 7.74. The summed E-state index contributed by atoms with van der Waals surface area (Å²) in [5, 5.41) is 4.39. The Morgan fingerprint density at radius 2 is 1.90 bits per heavy atom. The molecule has 0 fully saturated rings. The molecule has 0 amide bonds. The molecule has 0 aliphatic rings. The van der Waals surface area contributed by atoms with Gasteiger partial charge in [-0.15, -0.1) is 0 Å². The molecule has 0 saturated carbocycles.